The third kappa shape index (κ3) is 5.23. The van der Waals surface area contributed by atoms with Gasteiger partial charge in [0.2, 0.25) is 0 Å². The monoisotopic (exact) mass is 352 g/mol. The number of nitrogens with one attached hydrogen (secondary N) is 1. The summed E-state index contributed by atoms with van der Waals surface area (Å²) in [5.74, 6) is -1.24. The molecule has 0 saturated carbocycles. The van der Waals surface area contributed by atoms with Crippen molar-refractivity contribution >= 4 is 29.4 Å². The number of piperidine rings is 1. The van der Waals surface area contributed by atoms with E-state index in [9.17, 15) is 14.4 Å². The molecular weight excluding hydrogens is 332 g/mol. The number of hydrogen-bond acceptors (Lipinski definition) is 4. The highest BCUT2D eigenvalue weighted by atomic mass is 35.5. The van der Waals surface area contributed by atoms with E-state index in [1.165, 1.54) is 0 Å². The minimum atomic E-state index is -0.643. The molecule has 7 heteroatoms. The van der Waals surface area contributed by atoms with Crippen molar-refractivity contribution in [3.63, 3.8) is 0 Å². The lowest BCUT2D eigenvalue weighted by atomic mass is 10.0. The Morgan fingerprint density at radius 2 is 1.96 bits per heavy atom. The molecule has 2 amide bonds. The number of benzene rings is 1. The number of nitrogens with zero attached hydrogens (tertiary/aromatic N) is 1. The Balaban J connectivity index is 1.72. The number of amides is 2. The third-order valence-corrected chi connectivity index (χ3v) is 4.23. The normalized spacial score (nSPS) is 17.2. The van der Waals surface area contributed by atoms with Crippen LogP contribution in [0.15, 0.2) is 24.3 Å². The number of carbonyl (C=O) groups is 3. The van der Waals surface area contributed by atoms with Crippen molar-refractivity contribution in [2.45, 2.75) is 32.2 Å². The van der Waals surface area contributed by atoms with E-state index in [0.717, 1.165) is 19.3 Å². The number of rotatable bonds is 5. The minimum absolute atomic E-state index is 0.176. The van der Waals surface area contributed by atoms with Gasteiger partial charge in [-0.05, 0) is 50.5 Å². The molecule has 1 fully saturated rings. The highest BCUT2D eigenvalue weighted by Crippen LogP contribution is 2.16. The van der Waals surface area contributed by atoms with Crippen molar-refractivity contribution < 1.29 is 19.1 Å². The van der Waals surface area contributed by atoms with Gasteiger partial charge in [0.1, 0.15) is 6.54 Å². The standard InChI is InChI=1S/C17H21ClN2O4/c1-12-4-2-3-9-20(12)15(21)11-24-16(22)10-19-17(23)13-5-7-14(18)8-6-13/h5-8,12H,2-4,9-11H2,1H3,(H,19,23)/t12-/m0/s1. The van der Waals surface area contributed by atoms with Crippen LogP contribution in [-0.2, 0) is 14.3 Å². The van der Waals surface area contributed by atoms with E-state index in [0.29, 0.717) is 17.1 Å². The molecule has 2 rings (SSSR count). The van der Waals surface area contributed by atoms with E-state index in [2.05, 4.69) is 5.32 Å². The summed E-state index contributed by atoms with van der Waals surface area (Å²) in [5, 5.41) is 2.97. The van der Waals surface area contributed by atoms with Crippen molar-refractivity contribution in [2.75, 3.05) is 19.7 Å². The SMILES string of the molecule is C[C@H]1CCCCN1C(=O)COC(=O)CNC(=O)c1ccc(Cl)cc1. The second-order valence-corrected chi connectivity index (χ2v) is 6.22. The maximum atomic E-state index is 12.1. The van der Waals surface area contributed by atoms with Gasteiger partial charge in [0, 0.05) is 23.2 Å². The average Bonchev–Trinajstić information content (AvgIpc) is 2.58. The molecule has 0 aromatic heterocycles. The first-order chi connectivity index (χ1) is 11.5. The molecule has 130 valence electrons. The van der Waals surface area contributed by atoms with E-state index < -0.39 is 11.9 Å². The van der Waals surface area contributed by atoms with Crippen molar-refractivity contribution in [1.29, 1.82) is 0 Å². The van der Waals surface area contributed by atoms with Crippen LogP contribution in [0.5, 0.6) is 0 Å². The summed E-state index contributed by atoms with van der Waals surface area (Å²) in [6.45, 7) is 2.11. The molecule has 0 unspecified atom stereocenters. The van der Waals surface area contributed by atoms with Gasteiger partial charge >= 0.3 is 5.97 Å². The number of halogens is 1. The zero-order chi connectivity index (χ0) is 17.5. The van der Waals surface area contributed by atoms with Crippen LogP contribution in [0.2, 0.25) is 5.02 Å². The molecule has 1 aromatic carbocycles. The number of likely N-dealkylation sites (tertiary alicyclic amines) is 1. The zero-order valence-corrected chi connectivity index (χ0v) is 14.3. The quantitative estimate of drug-likeness (QED) is 0.822. The summed E-state index contributed by atoms with van der Waals surface area (Å²) in [6, 6.07) is 6.48. The molecule has 1 aliphatic heterocycles. The molecule has 1 atom stereocenters. The summed E-state index contributed by atoms with van der Waals surface area (Å²) in [4.78, 5) is 37.3. The van der Waals surface area contributed by atoms with Gasteiger partial charge in [-0.1, -0.05) is 11.6 Å². The van der Waals surface area contributed by atoms with Gasteiger partial charge < -0.3 is 15.0 Å². The van der Waals surface area contributed by atoms with Gasteiger partial charge in [0.15, 0.2) is 6.61 Å². The molecule has 1 heterocycles. The lowest BCUT2D eigenvalue weighted by Crippen LogP contribution is -2.44. The molecule has 1 N–H and O–H groups in total. The Hall–Kier alpha value is -2.08. The van der Waals surface area contributed by atoms with Gasteiger partial charge in [-0.15, -0.1) is 0 Å². The molecule has 1 aliphatic rings. The van der Waals surface area contributed by atoms with E-state index in [-0.39, 0.29) is 25.1 Å². The second kappa shape index (κ2) is 8.68. The van der Waals surface area contributed by atoms with Gasteiger partial charge in [-0.3, -0.25) is 14.4 Å². The van der Waals surface area contributed by atoms with Gasteiger partial charge in [-0.2, -0.15) is 0 Å². The summed E-state index contributed by atoms with van der Waals surface area (Å²) >= 11 is 5.75. The van der Waals surface area contributed by atoms with E-state index >= 15 is 0 Å². The van der Waals surface area contributed by atoms with Crippen LogP contribution in [0.25, 0.3) is 0 Å². The summed E-state index contributed by atoms with van der Waals surface area (Å²) < 4.78 is 4.94. The minimum Gasteiger partial charge on any atom is -0.454 e. The largest absolute Gasteiger partial charge is 0.454 e. The molecule has 0 spiro atoms. The smallest absolute Gasteiger partial charge is 0.325 e. The first kappa shape index (κ1) is 18.3. The zero-order valence-electron chi connectivity index (χ0n) is 13.6. The summed E-state index contributed by atoms with van der Waals surface area (Å²) in [7, 11) is 0. The Morgan fingerprint density at radius 1 is 1.25 bits per heavy atom. The Kier molecular flexibility index (Phi) is 6.61. The lowest BCUT2D eigenvalue weighted by Gasteiger charge is -2.33. The number of esters is 1. The molecule has 0 radical (unpaired) electrons. The lowest BCUT2D eigenvalue weighted by molar-refractivity contribution is -0.152. The Morgan fingerprint density at radius 3 is 2.62 bits per heavy atom. The molecule has 1 saturated heterocycles. The summed E-state index contributed by atoms with van der Waals surface area (Å²) in [6.07, 6.45) is 3.06. The second-order valence-electron chi connectivity index (χ2n) is 5.78. The maximum Gasteiger partial charge on any atom is 0.325 e. The fraction of sp³-hybridized carbons (Fsp3) is 0.471. The third-order valence-electron chi connectivity index (χ3n) is 3.98. The van der Waals surface area contributed by atoms with E-state index in [4.69, 9.17) is 16.3 Å². The molecular formula is C17H21ClN2O4. The van der Waals surface area contributed by atoms with Gasteiger partial charge in [0.05, 0.1) is 0 Å². The average molecular weight is 353 g/mol. The molecule has 6 nitrogen and oxygen atoms in total. The van der Waals surface area contributed by atoms with Crippen LogP contribution in [0.4, 0.5) is 0 Å². The predicted molar refractivity (Wildman–Crippen MR) is 89.8 cm³/mol. The summed E-state index contributed by atoms with van der Waals surface area (Å²) in [5.41, 5.74) is 0.394. The van der Waals surface area contributed by atoms with Crippen LogP contribution in [-0.4, -0.2) is 48.4 Å². The maximum absolute atomic E-state index is 12.1. The first-order valence-electron chi connectivity index (χ1n) is 7.96. The van der Waals surface area contributed by atoms with E-state index in [1.807, 2.05) is 6.92 Å². The highest BCUT2D eigenvalue weighted by Gasteiger charge is 2.23. The van der Waals surface area contributed by atoms with Crippen molar-refractivity contribution in [3.05, 3.63) is 34.9 Å². The van der Waals surface area contributed by atoms with Gasteiger partial charge in [0.25, 0.3) is 11.8 Å². The number of hydrogen-bond donors (Lipinski definition) is 1. The fourth-order valence-electron chi connectivity index (χ4n) is 2.60. The predicted octanol–water partition coefficient (Wildman–Crippen LogP) is 2.01. The van der Waals surface area contributed by atoms with Gasteiger partial charge in [-0.25, -0.2) is 0 Å². The van der Waals surface area contributed by atoms with Crippen LogP contribution in [0, 0.1) is 0 Å². The van der Waals surface area contributed by atoms with Crippen LogP contribution in [0.1, 0.15) is 36.5 Å². The first-order valence-corrected chi connectivity index (χ1v) is 8.34. The van der Waals surface area contributed by atoms with E-state index in [1.54, 1.807) is 29.2 Å². The fourth-order valence-corrected chi connectivity index (χ4v) is 2.73. The Labute approximate surface area is 146 Å². The molecule has 0 aliphatic carbocycles. The van der Waals surface area contributed by atoms with Crippen molar-refractivity contribution in [3.8, 4) is 0 Å². The van der Waals surface area contributed by atoms with Crippen LogP contribution < -0.4 is 5.32 Å². The van der Waals surface area contributed by atoms with Crippen molar-refractivity contribution in [2.24, 2.45) is 0 Å². The Bertz CT molecular complexity index is 603. The highest BCUT2D eigenvalue weighted by molar-refractivity contribution is 6.30. The van der Waals surface area contributed by atoms with Crippen LogP contribution in [0.3, 0.4) is 0 Å². The van der Waals surface area contributed by atoms with Crippen molar-refractivity contribution in [1.82, 2.24) is 10.2 Å². The topological polar surface area (TPSA) is 75.7 Å². The molecule has 24 heavy (non-hydrogen) atoms. The molecule has 1 aromatic rings. The molecule has 0 bridgehead atoms. The number of ether oxygens (including phenoxy) is 1. The van der Waals surface area contributed by atoms with Crippen LogP contribution >= 0.6 is 11.6 Å². The number of carbonyl (C=O) groups excluding carboxylic acids is 3.